The van der Waals surface area contributed by atoms with Gasteiger partial charge in [0.1, 0.15) is 17.4 Å². The van der Waals surface area contributed by atoms with E-state index in [0.717, 1.165) is 0 Å². The van der Waals surface area contributed by atoms with Crippen molar-refractivity contribution in [2.24, 2.45) is 0 Å². The molecule has 0 aliphatic heterocycles. The number of halogens is 1. The quantitative estimate of drug-likeness (QED) is 0.755. The van der Waals surface area contributed by atoms with Gasteiger partial charge >= 0.3 is 0 Å². The monoisotopic (exact) mass is 284 g/mol. The molecule has 0 radical (unpaired) electrons. The van der Waals surface area contributed by atoms with E-state index in [1.807, 2.05) is 0 Å². The van der Waals surface area contributed by atoms with Crippen LogP contribution < -0.4 is 16.4 Å². The Hall–Kier alpha value is -3.07. The van der Waals surface area contributed by atoms with E-state index in [0.29, 0.717) is 22.6 Å². The van der Waals surface area contributed by atoms with Gasteiger partial charge < -0.3 is 16.4 Å². The minimum Gasteiger partial charge on any atom is -0.397 e. The summed E-state index contributed by atoms with van der Waals surface area (Å²) in [5.74, 6) is -0.861. The maximum atomic E-state index is 13.5. The second-order valence-electron chi connectivity index (χ2n) is 4.28. The molecule has 4 N–H and O–H groups in total. The van der Waals surface area contributed by atoms with Crippen molar-refractivity contribution in [3.63, 3.8) is 0 Å². The summed E-state index contributed by atoms with van der Waals surface area (Å²) in [7, 11) is 1.52. The van der Waals surface area contributed by atoms with Gasteiger partial charge in [0, 0.05) is 12.6 Å². The molecule has 0 unspecified atom stereocenters. The fraction of sp³-hybridized carbons (Fsp3) is 0.0667. The van der Waals surface area contributed by atoms with Crippen molar-refractivity contribution in [3.8, 4) is 6.07 Å². The van der Waals surface area contributed by atoms with E-state index in [1.165, 1.54) is 25.2 Å². The van der Waals surface area contributed by atoms with Crippen LogP contribution in [0.3, 0.4) is 0 Å². The zero-order valence-corrected chi connectivity index (χ0v) is 11.3. The number of nitrogens with zero attached hydrogens (tertiary/aromatic N) is 1. The van der Waals surface area contributed by atoms with Gasteiger partial charge in [0.15, 0.2) is 0 Å². The highest BCUT2D eigenvalue weighted by atomic mass is 19.1. The highest BCUT2D eigenvalue weighted by molar-refractivity contribution is 5.96. The zero-order valence-electron chi connectivity index (χ0n) is 11.3. The average molecular weight is 284 g/mol. The van der Waals surface area contributed by atoms with E-state index >= 15 is 0 Å². The maximum absolute atomic E-state index is 13.5. The molecule has 0 bridgehead atoms. The second-order valence-corrected chi connectivity index (χ2v) is 4.28. The predicted molar refractivity (Wildman–Crippen MR) is 78.6 cm³/mol. The number of nitrogens with one attached hydrogen (secondary N) is 2. The number of hydrogen-bond acceptors (Lipinski definition) is 4. The van der Waals surface area contributed by atoms with E-state index in [9.17, 15) is 9.18 Å². The van der Waals surface area contributed by atoms with Crippen molar-refractivity contribution in [2.75, 3.05) is 18.1 Å². The minimum absolute atomic E-state index is 0.0905. The first-order valence-corrected chi connectivity index (χ1v) is 6.14. The van der Waals surface area contributed by atoms with Crippen molar-refractivity contribution >= 4 is 23.0 Å². The van der Waals surface area contributed by atoms with Crippen molar-refractivity contribution in [3.05, 3.63) is 53.3 Å². The van der Waals surface area contributed by atoms with E-state index < -0.39 is 5.82 Å². The van der Waals surface area contributed by atoms with Crippen LogP contribution in [0.5, 0.6) is 0 Å². The van der Waals surface area contributed by atoms with Crippen LogP contribution >= 0.6 is 0 Å². The molecule has 0 saturated heterocycles. The smallest absolute Gasteiger partial charge is 0.251 e. The van der Waals surface area contributed by atoms with Gasteiger partial charge in [-0.1, -0.05) is 6.07 Å². The topological polar surface area (TPSA) is 90.9 Å². The number of carbonyl (C=O) groups is 1. The summed E-state index contributed by atoms with van der Waals surface area (Å²) >= 11 is 0. The summed E-state index contributed by atoms with van der Waals surface area (Å²) in [5, 5.41) is 14.4. The highest BCUT2D eigenvalue weighted by Crippen LogP contribution is 2.27. The SMILES string of the molecule is CNC(=O)c1ccc(Nc2cccc(F)c2C#N)c(N)c1. The molecule has 1 amide bonds. The Labute approximate surface area is 121 Å². The molecule has 0 saturated carbocycles. The Morgan fingerprint density at radius 1 is 1.29 bits per heavy atom. The molecular weight excluding hydrogens is 271 g/mol. The van der Waals surface area contributed by atoms with Gasteiger partial charge in [-0.15, -0.1) is 0 Å². The number of nitrogen functional groups attached to an aromatic ring is 1. The highest BCUT2D eigenvalue weighted by Gasteiger charge is 2.10. The second kappa shape index (κ2) is 5.92. The number of amides is 1. The summed E-state index contributed by atoms with van der Waals surface area (Å²) in [6.07, 6.45) is 0. The van der Waals surface area contributed by atoms with Gasteiger partial charge in [-0.25, -0.2) is 4.39 Å². The fourth-order valence-corrected chi connectivity index (χ4v) is 1.85. The Morgan fingerprint density at radius 3 is 2.67 bits per heavy atom. The molecular formula is C15H13FN4O. The molecule has 5 nitrogen and oxygen atoms in total. The molecule has 0 atom stereocenters. The number of carbonyl (C=O) groups excluding carboxylic acids is 1. The molecule has 0 fully saturated rings. The van der Waals surface area contributed by atoms with Gasteiger partial charge in [0.25, 0.3) is 5.91 Å². The average Bonchev–Trinajstić information content (AvgIpc) is 2.48. The number of hydrogen-bond donors (Lipinski definition) is 3. The van der Waals surface area contributed by atoms with Crippen molar-refractivity contribution in [2.45, 2.75) is 0 Å². The minimum atomic E-state index is -0.608. The number of rotatable bonds is 3. The van der Waals surface area contributed by atoms with E-state index in [4.69, 9.17) is 11.0 Å². The molecule has 0 aliphatic rings. The van der Waals surface area contributed by atoms with Crippen molar-refractivity contribution in [1.29, 1.82) is 5.26 Å². The lowest BCUT2D eigenvalue weighted by Gasteiger charge is -2.12. The van der Waals surface area contributed by atoms with Gasteiger partial charge in [0.05, 0.1) is 17.1 Å². The molecule has 0 aromatic heterocycles. The molecule has 0 spiro atoms. The van der Waals surface area contributed by atoms with Crippen LogP contribution in [0.2, 0.25) is 0 Å². The summed E-state index contributed by atoms with van der Waals surface area (Å²) in [5.41, 5.74) is 7.33. The lowest BCUT2D eigenvalue weighted by atomic mass is 10.1. The first-order chi connectivity index (χ1) is 10.1. The normalized spacial score (nSPS) is 9.76. The molecule has 0 heterocycles. The van der Waals surface area contributed by atoms with Crippen molar-refractivity contribution < 1.29 is 9.18 Å². The molecule has 2 rings (SSSR count). The standard InChI is InChI=1S/C15H13FN4O/c1-19-15(21)9-5-6-14(12(18)7-9)20-13-4-2-3-11(16)10(13)8-17/h2-7,20H,18H2,1H3,(H,19,21). The molecule has 2 aromatic rings. The van der Waals surface area contributed by atoms with Gasteiger partial charge in [-0.3, -0.25) is 4.79 Å². The molecule has 2 aromatic carbocycles. The molecule has 0 aliphatic carbocycles. The third-order valence-electron chi connectivity index (χ3n) is 2.94. The van der Waals surface area contributed by atoms with Crippen LogP contribution in [-0.2, 0) is 0 Å². The summed E-state index contributed by atoms with van der Waals surface area (Å²) in [6, 6.07) is 10.8. The van der Waals surface area contributed by atoms with Gasteiger partial charge in [-0.2, -0.15) is 5.26 Å². The molecule has 106 valence electrons. The third-order valence-corrected chi connectivity index (χ3v) is 2.94. The summed E-state index contributed by atoms with van der Waals surface area (Å²) in [4.78, 5) is 11.5. The Balaban J connectivity index is 2.35. The lowest BCUT2D eigenvalue weighted by molar-refractivity contribution is 0.0963. The van der Waals surface area contributed by atoms with Crippen LogP contribution in [0.4, 0.5) is 21.5 Å². The number of nitriles is 1. The van der Waals surface area contributed by atoms with Gasteiger partial charge in [-0.05, 0) is 30.3 Å². The fourth-order valence-electron chi connectivity index (χ4n) is 1.85. The Morgan fingerprint density at radius 2 is 2.05 bits per heavy atom. The number of nitrogens with two attached hydrogens (primary N) is 1. The Kier molecular flexibility index (Phi) is 4.05. The zero-order chi connectivity index (χ0) is 15.4. The maximum Gasteiger partial charge on any atom is 0.251 e. The predicted octanol–water partition coefficient (Wildman–Crippen LogP) is 2.38. The van der Waals surface area contributed by atoms with Crippen molar-refractivity contribution in [1.82, 2.24) is 5.32 Å². The van der Waals surface area contributed by atoms with Crippen LogP contribution in [-0.4, -0.2) is 13.0 Å². The summed E-state index contributed by atoms with van der Waals surface area (Å²) < 4.78 is 13.5. The lowest BCUT2D eigenvalue weighted by Crippen LogP contribution is -2.18. The number of anilines is 3. The van der Waals surface area contributed by atoms with E-state index in [2.05, 4.69) is 10.6 Å². The molecule has 21 heavy (non-hydrogen) atoms. The Bertz CT molecular complexity index is 737. The first kappa shape index (κ1) is 14.3. The van der Waals surface area contributed by atoms with Crippen LogP contribution in [0.1, 0.15) is 15.9 Å². The van der Waals surface area contributed by atoms with Crippen LogP contribution in [0, 0.1) is 17.1 Å². The largest absolute Gasteiger partial charge is 0.397 e. The van der Waals surface area contributed by atoms with Crippen LogP contribution in [0.15, 0.2) is 36.4 Å². The third kappa shape index (κ3) is 2.92. The summed E-state index contributed by atoms with van der Waals surface area (Å²) in [6.45, 7) is 0. The molecule has 6 heteroatoms. The number of benzene rings is 2. The van der Waals surface area contributed by atoms with Gasteiger partial charge in [0.2, 0.25) is 0 Å². The van der Waals surface area contributed by atoms with E-state index in [-0.39, 0.29) is 11.5 Å². The first-order valence-electron chi connectivity index (χ1n) is 6.14. The van der Waals surface area contributed by atoms with E-state index in [1.54, 1.807) is 24.3 Å². The van der Waals surface area contributed by atoms with Crippen LogP contribution in [0.25, 0.3) is 0 Å².